The highest BCUT2D eigenvalue weighted by atomic mass is 32.2. The van der Waals surface area contributed by atoms with Crippen LogP contribution >= 0.6 is 0 Å². The molecule has 22 heavy (non-hydrogen) atoms. The number of methoxy groups -OCH3 is 1. The Labute approximate surface area is 134 Å². The molecule has 124 valence electrons. The van der Waals surface area contributed by atoms with Crippen LogP contribution in [0.1, 0.15) is 67.9 Å². The van der Waals surface area contributed by atoms with E-state index in [2.05, 4.69) is 20.8 Å². The number of unbranched alkanes of at least 4 members (excludes halogenated alkanes) is 1. The lowest BCUT2D eigenvalue weighted by molar-refractivity contribution is 0.0600. The van der Waals surface area contributed by atoms with Gasteiger partial charge in [0.05, 0.1) is 18.4 Å². The van der Waals surface area contributed by atoms with Gasteiger partial charge in [-0.3, -0.25) is 0 Å². The third-order valence-electron chi connectivity index (χ3n) is 4.34. The highest BCUT2D eigenvalue weighted by molar-refractivity contribution is 7.71. The van der Waals surface area contributed by atoms with Crippen molar-refractivity contribution in [2.75, 3.05) is 7.11 Å². The third kappa shape index (κ3) is 4.57. The molecule has 1 aromatic rings. The fourth-order valence-electron chi connectivity index (χ4n) is 2.77. The summed E-state index contributed by atoms with van der Waals surface area (Å²) in [7, 11) is -1.23. The minimum atomic E-state index is -2.55. The van der Waals surface area contributed by atoms with Crippen LogP contribution in [-0.4, -0.2) is 21.5 Å². The number of rotatable bonds is 8. The summed E-state index contributed by atoms with van der Waals surface area (Å²) >= 11 is 0. The molecule has 0 radical (unpaired) electrons. The zero-order chi connectivity index (χ0) is 16.8. The third-order valence-corrected chi connectivity index (χ3v) is 4.94. The maximum atomic E-state index is 11.7. The van der Waals surface area contributed by atoms with Gasteiger partial charge in [0.2, 0.25) is 0 Å². The van der Waals surface area contributed by atoms with Crippen molar-refractivity contribution in [2.24, 2.45) is 0 Å². The Bertz CT molecular complexity index is 584. The van der Waals surface area contributed by atoms with E-state index in [1.165, 1.54) is 7.11 Å². The molecule has 1 rings (SSSR count). The lowest BCUT2D eigenvalue weighted by Crippen LogP contribution is -2.23. The predicted molar refractivity (Wildman–Crippen MR) is 89.0 cm³/mol. The lowest BCUT2D eigenvalue weighted by Gasteiger charge is -2.31. The minimum absolute atomic E-state index is 0.0444. The van der Waals surface area contributed by atoms with Gasteiger partial charge >= 0.3 is 5.97 Å². The van der Waals surface area contributed by atoms with Gasteiger partial charge in [-0.2, -0.15) is 0 Å². The number of carbonyl (C=O) groups excluding carboxylic acids is 1. The Hall–Kier alpha value is -1.36. The summed E-state index contributed by atoms with van der Waals surface area (Å²) in [6.07, 6.45) is 4.11. The standard InChI is InChI=1S/C17H26O4S/c1-5-7-10-17(3,6-2)15-9-8-13(16(18)21-4)11-14(15)12-22(19)20/h8-9,11,22H,5-7,10,12H2,1-4H3. The molecule has 1 aromatic carbocycles. The molecule has 0 saturated carbocycles. The Kier molecular flexibility index (Phi) is 7.07. The van der Waals surface area contributed by atoms with E-state index in [1.54, 1.807) is 12.1 Å². The van der Waals surface area contributed by atoms with E-state index in [0.29, 0.717) is 11.1 Å². The van der Waals surface area contributed by atoms with E-state index in [9.17, 15) is 13.2 Å². The molecule has 0 fully saturated rings. The van der Waals surface area contributed by atoms with Crippen LogP contribution in [0.25, 0.3) is 0 Å². The number of benzene rings is 1. The average Bonchev–Trinajstić information content (AvgIpc) is 2.51. The van der Waals surface area contributed by atoms with Gasteiger partial charge in [-0.15, -0.1) is 0 Å². The smallest absolute Gasteiger partial charge is 0.337 e. The molecule has 0 heterocycles. The quantitative estimate of drug-likeness (QED) is 0.587. The molecule has 0 aliphatic carbocycles. The number of hydrogen-bond acceptors (Lipinski definition) is 4. The molecule has 1 atom stereocenters. The van der Waals surface area contributed by atoms with Gasteiger partial charge < -0.3 is 4.74 Å². The summed E-state index contributed by atoms with van der Waals surface area (Å²) in [5.41, 5.74) is 2.05. The van der Waals surface area contributed by atoms with Crippen molar-refractivity contribution in [1.82, 2.24) is 0 Å². The van der Waals surface area contributed by atoms with E-state index in [1.807, 2.05) is 6.07 Å². The second-order valence-corrected chi connectivity index (χ2v) is 6.85. The molecule has 0 N–H and O–H groups in total. The molecule has 0 bridgehead atoms. The van der Waals surface area contributed by atoms with E-state index < -0.39 is 16.7 Å². The van der Waals surface area contributed by atoms with E-state index in [0.717, 1.165) is 31.2 Å². The van der Waals surface area contributed by atoms with Crippen molar-refractivity contribution in [3.8, 4) is 0 Å². The molecule has 0 amide bonds. The molecule has 0 aliphatic rings. The molecule has 0 aromatic heterocycles. The summed E-state index contributed by atoms with van der Waals surface area (Å²) in [4.78, 5) is 11.7. The van der Waals surface area contributed by atoms with Crippen molar-refractivity contribution in [1.29, 1.82) is 0 Å². The Morgan fingerprint density at radius 1 is 1.27 bits per heavy atom. The van der Waals surface area contributed by atoms with Gasteiger partial charge in [-0.1, -0.05) is 39.7 Å². The van der Waals surface area contributed by atoms with Gasteiger partial charge in [-0.05, 0) is 41.5 Å². The van der Waals surface area contributed by atoms with E-state index in [-0.39, 0.29) is 11.2 Å². The lowest BCUT2D eigenvalue weighted by atomic mass is 9.74. The molecular weight excluding hydrogens is 300 g/mol. The fourth-order valence-corrected chi connectivity index (χ4v) is 3.31. The SMILES string of the molecule is CCCCC(C)(CC)c1ccc(C(=O)OC)cc1C[SH](=O)=O. The Balaban J connectivity index is 3.34. The highest BCUT2D eigenvalue weighted by Gasteiger charge is 2.27. The Morgan fingerprint density at radius 2 is 1.95 bits per heavy atom. The summed E-state index contributed by atoms with van der Waals surface area (Å²) < 4.78 is 27.2. The first-order valence-corrected chi connectivity index (χ1v) is 9.07. The molecule has 1 unspecified atom stereocenters. The van der Waals surface area contributed by atoms with Crippen LogP contribution in [0.3, 0.4) is 0 Å². The van der Waals surface area contributed by atoms with Crippen molar-refractivity contribution in [3.05, 3.63) is 34.9 Å². The van der Waals surface area contributed by atoms with Crippen LogP contribution < -0.4 is 0 Å². The number of hydrogen-bond donors (Lipinski definition) is 1. The molecule has 0 saturated heterocycles. The number of esters is 1. The monoisotopic (exact) mass is 326 g/mol. The summed E-state index contributed by atoms with van der Waals surface area (Å²) in [6, 6.07) is 5.27. The second-order valence-electron chi connectivity index (χ2n) is 5.87. The highest BCUT2D eigenvalue weighted by Crippen LogP contribution is 2.36. The molecule has 4 nitrogen and oxygen atoms in total. The largest absolute Gasteiger partial charge is 0.465 e. The first-order chi connectivity index (χ1) is 10.4. The molecule has 0 spiro atoms. The van der Waals surface area contributed by atoms with Gasteiger partial charge in [0.15, 0.2) is 0 Å². The predicted octanol–water partition coefficient (Wildman–Crippen LogP) is 3.44. The fraction of sp³-hybridized carbons (Fsp3) is 0.588. The van der Waals surface area contributed by atoms with Crippen molar-refractivity contribution < 1.29 is 17.9 Å². The first-order valence-electron chi connectivity index (χ1n) is 7.71. The maximum absolute atomic E-state index is 11.7. The van der Waals surface area contributed by atoms with Crippen LogP contribution in [0.2, 0.25) is 0 Å². The van der Waals surface area contributed by atoms with Crippen LogP contribution in [0.5, 0.6) is 0 Å². The van der Waals surface area contributed by atoms with Crippen molar-refractivity contribution >= 4 is 16.7 Å². The van der Waals surface area contributed by atoms with Gasteiger partial charge in [0.25, 0.3) is 0 Å². The summed E-state index contributed by atoms with van der Waals surface area (Å²) in [5, 5.41) is 0. The summed E-state index contributed by atoms with van der Waals surface area (Å²) in [5.74, 6) is -0.488. The topological polar surface area (TPSA) is 60.4 Å². The Morgan fingerprint density at radius 3 is 2.45 bits per heavy atom. The van der Waals surface area contributed by atoms with E-state index >= 15 is 0 Å². The number of carbonyl (C=O) groups is 1. The molecule has 0 aliphatic heterocycles. The average molecular weight is 326 g/mol. The van der Waals surface area contributed by atoms with Crippen molar-refractivity contribution in [3.63, 3.8) is 0 Å². The van der Waals surface area contributed by atoms with Crippen LogP contribution in [0, 0.1) is 0 Å². The van der Waals surface area contributed by atoms with Gasteiger partial charge in [0.1, 0.15) is 10.7 Å². The second kappa shape index (κ2) is 8.32. The van der Waals surface area contributed by atoms with Crippen LogP contribution in [0.4, 0.5) is 0 Å². The number of ether oxygens (including phenoxy) is 1. The normalized spacial score (nSPS) is 13.9. The maximum Gasteiger partial charge on any atom is 0.337 e. The zero-order valence-corrected chi connectivity index (χ0v) is 14.7. The van der Waals surface area contributed by atoms with Crippen LogP contribution in [-0.2, 0) is 26.6 Å². The zero-order valence-electron chi connectivity index (χ0n) is 13.8. The minimum Gasteiger partial charge on any atom is -0.465 e. The molecule has 5 heteroatoms. The molecular formula is C17H26O4S. The van der Waals surface area contributed by atoms with Gasteiger partial charge in [-0.25, -0.2) is 13.2 Å². The van der Waals surface area contributed by atoms with E-state index in [4.69, 9.17) is 4.74 Å². The van der Waals surface area contributed by atoms with Crippen molar-refractivity contribution in [2.45, 2.75) is 57.6 Å². The summed E-state index contributed by atoms with van der Waals surface area (Å²) in [6.45, 7) is 6.42. The van der Waals surface area contributed by atoms with Gasteiger partial charge in [0, 0.05) is 0 Å². The first kappa shape index (κ1) is 18.7. The number of thiol groups is 1. The van der Waals surface area contributed by atoms with Crippen LogP contribution in [0.15, 0.2) is 18.2 Å².